The van der Waals surface area contributed by atoms with E-state index in [2.05, 4.69) is 4.98 Å². The van der Waals surface area contributed by atoms with Crippen LogP contribution in [0, 0.1) is 13.8 Å². The first-order chi connectivity index (χ1) is 14.7. The van der Waals surface area contributed by atoms with Gasteiger partial charge >= 0.3 is 5.97 Å². The van der Waals surface area contributed by atoms with Gasteiger partial charge in [0.15, 0.2) is 0 Å². The van der Waals surface area contributed by atoms with Crippen molar-refractivity contribution >= 4 is 34.8 Å². The summed E-state index contributed by atoms with van der Waals surface area (Å²) < 4.78 is 5.07. The molecule has 1 aliphatic rings. The third-order valence-corrected chi connectivity index (χ3v) is 6.22. The summed E-state index contributed by atoms with van der Waals surface area (Å²) in [7, 11) is 3.78. The fraction of sp³-hybridized carbons (Fsp3) is 0.409. The molecule has 1 aliphatic heterocycles. The summed E-state index contributed by atoms with van der Waals surface area (Å²) in [5.74, 6) is -2.19. The van der Waals surface area contributed by atoms with Crippen LogP contribution in [0.15, 0.2) is 23.1 Å². The predicted octanol–water partition coefficient (Wildman–Crippen LogP) is 2.85. The predicted molar refractivity (Wildman–Crippen MR) is 118 cm³/mol. The highest BCUT2D eigenvalue weighted by molar-refractivity contribution is 7.10. The number of carbonyl (C=O) groups is 3. The Hall–Kier alpha value is -2.91. The molecule has 31 heavy (non-hydrogen) atoms. The Balaban J connectivity index is 2.15. The number of thiophene rings is 1. The van der Waals surface area contributed by atoms with Crippen LogP contribution in [-0.4, -0.2) is 71.3 Å². The van der Waals surface area contributed by atoms with Gasteiger partial charge in [0, 0.05) is 29.2 Å². The molecule has 2 N–H and O–H groups in total. The molecule has 166 valence electrons. The van der Waals surface area contributed by atoms with Gasteiger partial charge < -0.3 is 24.6 Å². The van der Waals surface area contributed by atoms with E-state index in [1.165, 1.54) is 16.2 Å². The van der Waals surface area contributed by atoms with Crippen molar-refractivity contribution in [1.29, 1.82) is 0 Å². The van der Waals surface area contributed by atoms with Gasteiger partial charge in [-0.15, -0.1) is 11.3 Å². The van der Waals surface area contributed by atoms with Crippen molar-refractivity contribution < 1.29 is 24.2 Å². The highest BCUT2D eigenvalue weighted by atomic mass is 32.1. The van der Waals surface area contributed by atoms with Crippen LogP contribution < -0.4 is 0 Å². The van der Waals surface area contributed by atoms with E-state index in [4.69, 9.17) is 4.74 Å². The Bertz CT molecular complexity index is 1040. The number of aromatic nitrogens is 1. The maximum absolute atomic E-state index is 13.0. The van der Waals surface area contributed by atoms with Gasteiger partial charge in [0.05, 0.1) is 18.2 Å². The Kier molecular flexibility index (Phi) is 6.66. The lowest BCUT2D eigenvalue weighted by atomic mass is 9.97. The summed E-state index contributed by atoms with van der Waals surface area (Å²) in [6, 6.07) is 3.01. The van der Waals surface area contributed by atoms with Crippen LogP contribution in [-0.2, 0) is 14.3 Å². The fourth-order valence-electron chi connectivity index (χ4n) is 3.81. The number of aliphatic hydroxyl groups is 1. The van der Waals surface area contributed by atoms with Crippen LogP contribution in [0.2, 0.25) is 0 Å². The number of esters is 1. The molecule has 0 aromatic carbocycles. The molecule has 0 saturated carbocycles. The number of aromatic amines is 1. The van der Waals surface area contributed by atoms with Crippen molar-refractivity contribution in [2.75, 3.05) is 33.8 Å². The minimum Gasteiger partial charge on any atom is -0.507 e. The summed E-state index contributed by atoms with van der Waals surface area (Å²) in [5.41, 5.74) is 1.58. The second-order valence-corrected chi connectivity index (χ2v) is 8.64. The van der Waals surface area contributed by atoms with Gasteiger partial charge in [-0.25, -0.2) is 4.79 Å². The van der Waals surface area contributed by atoms with Crippen molar-refractivity contribution in [3.63, 3.8) is 0 Å². The van der Waals surface area contributed by atoms with E-state index >= 15 is 0 Å². The van der Waals surface area contributed by atoms with Crippen molar-refractivity contribution in [2.24, 2.45) is 0 Å². The van der Waals surface area contributed by atoms with E-state index in [0.29, 0.717) is 29.9 Å². The van der Waals surface area contributed by atoms with Crippen LogP contribution in [0.1, 0.15) is 45.2 Å². The lowest BCUT2D eigenvalue weighted by molar-refractivity contribution is -0.140. The quantitative estimate of drug-likeness (QED) is 0.294. The molecule has 1 amide bonds. The number of nitrogens with zero attached hydrogens (tertiary/aromatic N) is 2. The van der Waals surface area contributed by atoms with E-state index in [1.807, 2.05) is 36.5 Å². The first kappa shape index (κ1) is 22.8. The third-order valence-electron chi connectivity index (χ3n) is 5.29. The smallest absolute Gasteiger partial charge is 0.355 e. The second kappa shape index (κ2) is 9.07. The normalized spacial score (nSPS) is 18.3. The van der Waals surface area contributed by atoms with Crippen LogP contribution in [0.25, 0.3) is 5.76 Å². The number of carbonyl (C=O) groups excluding carboxylic acids is 3. The number of ether oxygens (including phenoxy) is 1. The molecule has 0 unspecified atom stereocenters. The Morgan fingerprint density at radius 2 is 2.03 bits per heavy atom. The third kappa shape index (κ3) is 4.15. The van der Waals surface area contributed by atoms with Crippen LogP contribution >= 0.6 is 11.3 Å². The fourth-order valence-corrected chi connectivity index (χ4v) is 4.65. The molecule has 3 heterocycles. The van der Waals surface area contributed by atoms with Crippen LogP contribution in [0.5, 0.6) is 0 Å². The number of likely N-dealkylation sites (tertiary alicyclic amines) is 1. The first-order valence-electron chi connectivity index (χ1n) is 10.0. The molecule has 2 aromatic heterocycles. The van der Waals surface area contributed by atoms with Crippen LogP contribution in [0.3, 0.4) is 0 Å². The van der Waals surface area contributed by atoms with Crippen molar-refractivity contribution in [3.8, 4) is 0 Å². The first-order valence-corrected chi connectivity index (χ1v) is 10.9. The maximum atomic E-state index is 13.0. The number of Topliss-reactive ketones (excluding diaryl/α,β-unsaturated/α-hetero) is 1. The van der Waals surface area contributed by atoms with Crippen molar-refractivity contribution in [1.82, 2.24) is 14.8 Å². The lowest BCUT2D eigenvalue weighted by Crippen LogP contribution is -2.35. The molecule has 0 aliphatic carbocycles. The van der Waals surface area contributed by atoms with Gasteiger partial charge in [-0.05, 0) is 51.9 Å². The van der Waals surface area contributed by atoms with Crippen LogP contribution in [0.4, 0.5) is 0 Å². The molecule has 8 nitrogen and oxygen atoms in total. The molecule has 9 heteroatoms. The molecule has 1 saturated heterocycles. The van der Waals surface area contributed by atoms with E-state index < -0.39 is 23.7 Å². The van der Waals surface area contributed by atoms with Gasteiger partial charge in [0.2, 0.25) is 0 Å². The average molecular weight is 446 g/mol. The SMILES string of the molecule is CCOC(=O)c1[nH]c(C)c(/C(O)=C2\C(=O)C(=O)N(CCN(C)C)[C@@H]2c2cccs2)c1C. The topological polar surface area (TPSA) is 103 Å². The number of aliphatic hydroxyl groups excluding tert-OH is 1. The number of aryl methyl sites for hydroxylation is 1. The summed E-state index contributed by atoms with van der Waals surface area (Å²) in [6.07, 6.45) is 0. The number of likely N-dealkylation sites (N-methyl/N-ethyl adjacent to an activating group) is 1. The van der Waals surface area contributed by atoms with Gasteiger partial charge in [-0.1, -0.05) is 6.07 Å². The lowest BCUT2D eigenvalue weighted by Gasteiger charge is -2.25. The molecule has 0 spiro atoms. The molecule has 1 fully saturated rings. The van der Waals surface area contributed by atoms with Gasteiger partial charge in [0.1, 0.15) is 11.5 Å². The monoisotopic (exact) mass is 445 g/mol. The number of amides is 1. The molecule has 2 aromatic rings. The number of rotatable bonds is 7. The minimum atomic E-state index is -0.729. The summed E-state index contributed by atoms with van der Waals surface area (Å²) in [5, 5.41) is 13.1. The standard InChI is InChI=1S/C22H27N3O5S/c1-6-30-22(29)17-12(2)15(13(3)23-17)19(26)16-18(14-8-7-11-31-14)25(10-9-24(4)5)21(28)20(16)27/h7-8,11,18,23,26H,6,9-10H2,1-5H3/b19-16+/t18-/m1/s1. The molecule has 0 radical (unpaired) electrons. The molecular formula is C22H27N3O5S. The second-order valence-electron chi connectivity index (χ2n) is 7.66. The van der Waals surface area contributed by atoms with E-state index in [0.717, 1.165) is 4.88 Å². The molecular weight excluding hydrogens is 418 g/mol. The Morgan fingerprint density at radius 1 is 1.32 bits per heavy atom. The summed E-state index contributed by atoms with van der Waals surface area (Å²) >= 11 is 1.42. The zero-order valence-corrected chi connectivity index (χ0v) is 19.1. The van der Waals surface area contributed by atoms with Gasteiger partial charge in [-0.2, -0.15) is 0 Å². The Morgan fingerprint density at radius 3 is 2.61 bits per heavy atom. The number of hydrogen-bond acceptors (Lipinski definition) is 7. The number of H-pyrrole nitrogens is 1. The van der Waals surface area contributed by atoms with Gasteiger partial charge in [0.25, 0.3) is 11.7 Å². The summed E-state index contributed by atoms with van der Waals surface area (Å²) in [6.45, 7) is 6.22. The zero-order valence-electron chi connectivity index (χ0n) is 18.3. The zero-order chi connectivity index (χ0) is 22.9. The van der Waals surface area contributed by atoms with E-state index in [-0.39, 0.29) is 23.6 Å². The molecule has 0 bridgehead atoms. The van der Waals surface area contributed by atoms with Gasteiger partial charge in [-0.3, -0.25) is 9.59 Å². The number of hydrogen-bond donors (Lipinski definition) is 2. The average Bonchev–Trinajstić information content (AvgIpc) is 3.39. The molecule has 1 atom stereocenters. The Labute approximate surface area is 185 Å². The largest absolute Gasteiger partial charge is 0.507 e. The van der Waals surface area contributed by atoms with E-state index in [9.17, 15) is 19.5 Å². The summed E-state index contributed by atoms with van der Waals surface area (Å²) in [4.78, 5) is 45.3. The van der Waals surface area contributed by atoms with Crippen molar-refractivity contribution in [3.05, 3.63) is 50.5 Å². The highest BCUT2D eigenvalue weighted by Gasteiger charge is 2.46. The highest BCUT2D eigenvalue weighted by Crippen LogP contribution is 2.42. The maximum Gasteiger partial charge on any atom is 0.355 e. The van der Waals surface area contributed by atoms with Crippen molar-refractivity contribution in [2.45, 2.75) is 26.8 Å². The number of nitrogens with one attached hydrogen (secondary N) is 1. The van der Waals surface area contributed by atoms with E-state index in [1.54, 1.807) is 20.8 Å². The number of ketones is 1. The minimum absolute atomic E-state index is 0.0341. The molecule has 3 rings (SSSR count).